The quantitative estimate of drug-likeness (QED) is 0.898. The van der Waals surface area contributed by atoms with Crippen LogP contribution >= 0.6 is 0 Å². The maximum Gasteiger partial charge on any atom is 0.178 e. The van der Waals surface area contributed by atoms with E-state index in [9.17, 15) is 13.5 Å². The summed E-state index contributed by atoms with van der Waals surface area (Å²) >= 11 is 0. The van der Waals surface area contributed by atoms with Gasteiger partial charge in [0.15, 0.2) is 9.84 Å². The lowest BCUT2D eigenvalue weighted by Gasteiger charge is -2.12. The molecule has 0 spiro atoms. The minimum Gasteiger partial charge on any atom is -0.393 e. The van der Waals surface area contributed by atoms with Crippen LogP contribution in [0.15, 0.2) is 17.0 Å². The van der Waals surface area contributed by atoms with Crippen molar-refractivity contribution in [1.29, 1.82) is 0 Å². The van der Waals surface area contributed by atoms with E-state index in [4.69, 9.17) is 0 Å². The average Bonchev–Trinajstić information content (AvgIpc) is 2.12. The van der Waals surface area contributed by atoms with E-state index in [-0.39, 0.29) is 12.2 Å². The van der Waals surface area contributed by atoms with Crippen molar-refractivity contribution in [2.24, 2.45) is 0 Å². The second-order valence-corrected chi connectivity index (χ2v) is 6.73. The fourth-order valence-electron chi connectivity index (χ4n) is 2.09. The lowest BCUT2D eigenvalue weighted by molar-refractivity contribution is 0.191. The molecule has 0 bridgehead atoms. The van der Waals surface area contributed by atoms with E-state index in [1.807, 2.05) is 32.9 Å². The molecule has 0 heterocycles. The Balaban J connectivity index is 3.16. The number of benzene rings is 1. The van der Waals surface area contributed by atoms with Gasteiger partial charge in [0.25, 0.3) is 0 Å². The van der Waals surface area contributed by atoms with Gasteiger partial charge in [-0.25, -0.2) is 8.42 Å². The molecule has 17 heavy (non-hydrogen) atoms. The van der Waals surface area contributed by atoms with Gasteiger partial charge in [0.1, 0.15) is 0 Å². The highest BCUT2D eigenvalue weighted by molar-refractivity contribution is 7.91. The molecule has 0 aliphatic carbocycles. The van der Waals surface area contributed by atoms with Crippen molar-refractivity contribution in [1.82, 2.24) is 0 Å². The highest BCUT2D eigenvalue weighted by Gasteiger charge is 2.20. The first-order chi connectivity index (χ1) is 7.74. The first-order valence-corrected chi connectivity index (χ1v) is 7.38. The van der Waals surface area contributed by atoms with Gasteiger partial charge in [-0.2, -0.15) is 0 Å². The first kappa shape index (κ1) is 14.2. The summed E-state index contributed by atoms with van der Waals surface area (Å²) in [5, 5.41) is 9.18. The van der Waals surface area contributed by atoms with Crippen molar-refractivity contribution in [3.8, 4) is 0 Å². The van der Waals surface area contributed by atoms with Crippen LogP contribution in [0.4, 0.5) is 0 Å². The summed E-state index contributed by atoms with van der Waals surface area (Å²) in [5.41, 5.74) is 2.63. The molecule has 0 radical (unpaired) electrons. The zero-order valence-electron chi connectivity index (χ0n) is 10.8. The van der Waals surface area contributed by atoms with E-state index in [0.717, 1.165) is 16.7 Å². The van der Waals surface area contributed by atoms with Gasteiger partial charge in [-0.05, 0) is 45.2 Å². The van der Waals surface area contributed by atoms with Crippen LogP contribution in [-0.4, -0.2) is 25.4 Å². The largest absolute Gasteiger partial charge is 0.393 e. The van der Waals surface area contributed by atoms with Crippen LogP contribution in [0.1, 0.15) is 30.0 Å². The van der Waals surface area contributed by atoms with Crippen molar-refractivity contribution in [3.63, 3.8) is 0 Å². The Bertz CT molecular complexity index is 478. The molecule has 3 nitrogen and oxygen atoms in total. The van der Waals surface area contributed by atoms with Gasteiger partial charge in [-0.15, -0.1) is 0 Å². The van der Waals surface area contributed by atoms with Crippen LogP contribution in [0.2, 0.25) is 0 Å². The zero-order chi connectivity index (χ0) is 13.2. The summed E-state index contributed by atoms with van der Waals surface area (Å²) in [6, 6.07) is 3.75. The molecule has 1 rings (SSSR count). The molecule has 0 saturated heterocycles. The minimum absolute atomic E-state index is 0.00456. The molecule has 0 amide bonds. The SMILES string of the molecule is Cc1cc(C)c(S(=O)(=O)CCC(C)O)c(C)c1. The maximum atomic E-state index is 12.2. The standard InChI is InChI=1S/C13H20O3S/c1-9-7-10(2)13(11(3)8-9)17(15,16)6-5-12(4)14/h7-8,12,14H,5-6H2,1-4H3. The Labute approximate surface area is 103 Å². The lowest BCUT2D eigenvalue weighted by Crippen LogP contribution is -2.14. The second-order valence-electron chi connectivity index (χ2n) is 4.68. The Morgan fingerprint density at radius 1 is 1.18 bits per heavy atom. The molecule has 1 atom stereocenters. The minimum atomic E-state index is -3.29. The van der Waals surface area contributed by atoms with E-state index in [2.05, 4.69) is 0 Å². The molecule has 0 aliphatic rings. The molecule has 4 heteroatoms. The van der Waals surface area contributed by atoms with Gasteiger partial charge >= 0.3 is 0 Å². The summed E-state index contributed by atoms with van der Waals surface area (Å²) in [5.74, 6) is -0.00456. The molecular weight excluding hydrogens is 236 g/mol. The van der Waals surface area contributed by atoms with Crippen LogP contribution in [0.25, 0.3) is 0 Å². The number of rotatable bonds is 4. The summed E-state index contributed by atoms with van der Waals surface area (Å²) in [6.45, 7) is 7.18. The molecule has 1 N–H and O–H groups in total. The van der Waals surface area contributed by atoms with Crippen molar-refractivity contribution in [2.75, 3.05) is 5.75 Å². The van der Waals surface area contributed by atoms with Crippen LogP contribution in [0.5, 0.6) is 0 Å². The zero-order valence-corrected chi connectivity index (χ0v) is 11.6. The molecule has 1 unspecified atom stereocenters. The predicted octanol–water partition coefficient (Wildman–Crippen LogP) is 2.16. The van der Waals surface area contributed by atoms with Crippen LogP contribution in [0.3, 0.4) is 0 Å². The summed E-state index contributed by atoms with van der Waals surface area (Å²) < 4.78 is 24.4. The number of aryl methyl sites for hydroxylation is 3. The fraction of sp³-hybridized carbons (Fsp3) is 0.538. The third-order valence-corrected chi connectivity index (χ3v) is 4.76. The van der Waals surface area contributed by atoms with Gasteiger partial charge < -0.3 is 5.11 Å². The van der Waals surface area contributed by atoms with Crippen molar-refractivity contribution in [3.05, 3.63) is 28.8 Å². The molecular formula is C13H20O3S. The topological polar surface area (TPSA) is 54.4 Å². The second kappa shape index (κ2) is 5.19. The van der Waals surface area contributed by atoms with E-state index in [1.54, 1.807) is 6.92 Å². The van der Waals surface area contributed by atoms with Crippen molar-refractivity contribution >= 4 is 9.84 Å². The third-order valence-electron chi connectivity index (χ3n) is 2.72. The maximum absolute atomic E-state index is 12.2. The van der Waals surface area contributed by atoms with E-state index >= 15 is 0 Å². The first-order valence-electron chi connectivity index (χ1n) is 5.72. The Kier molecular flexibility index (Phi) is 4.33. The summed E-state index contributed by atoms with van der Waals surface area (Å²) in [4.78, 5) is 0.420. The van der Waals surface area contributed by atoms with Crippen molar-refractivity contribution in [2.45, 2.75) is 45.1 Å². The molecule has 1 aromatic carbocycles. The van der Waals surface area contributed by atoms with E-state index in [1.165, 1.54) is 0 Å². The van der Waals surface area contributed by atoms with Crippen LogP contribution < -0.4 is 0 Å². The van der Waals surface area contributed by atoms with E-state index < -0.39 is 15.9 Å². The monoisotopic (exact) mass is 256 g/mol. The number of hydrogen-bond acceptors (Lipinski definition) is 3. The van der Waals surface area contributed by atoms with Gasteiger partial charge in [-0.1, -0.05) is 17.7 Å². The number of hydrogen-bond donors (Lipinski definition) is 1. The predicted molar refractivity (Wildman–Crippen MR) is 69.0 cm³/mol. The Morgan fingerprint density at radius 3 is 2.06 bits per heavy atom. The molecule has 0 aromatic heterocycles. The molecule has 0 fully saturated rings. The van der Waals surface area contributed by atoms with Gasteiger partial charge in [-0.3, -0.25) is 0 Å². The normalized spacial score (nSPS) is 13.7. The van der Waals surface area contributed by atoms with Gasteiger partial charge in [0.05, 0.1) is 16.8 Å². The molecule has 1 aromatic rings. The number of sulfone groups is 1. The number of aliphatic hydroxyl groups is 1. The van der Waals surface area contributed by atoms with E-state index in [0.29, 0.717) is 4.90 Å². The highest BCUT2D eigenvalue weighted by Crippen LogP contribution is 2.23. The molecule has 0 aliphatic heterocycles. The fourth-order valence-corrected chi connectivity index (χ4v) is 4.04. The summed E-state index contributed by atoms with van der Waals surface area (Å²) in [6.07, 6.45) is -0.314. The van der Waals surface area contributed by atoms with Crippen LogP contribution in [-0.2, 0) is 9.84 Å². The van der Waals surface area contributed by atoms with Gasteiger partial charge in [0.2, 0.25) is 0 Å². The lowest BCUT2D eigenvalue weighted by atomic mass is 10.1. The molecule has 96 valence electrons. The van der Waals surface area contributed by atoms with Crippen LogP contribution in [0, 0.1) is 20.8 Å². The van der Waals surface area contributed by atoms with Crippen molar-refractivity contribution < 1.29 is 13.5 Å². The smallest absolute Gasteiger partial charge is 0.178 e. The highest BCUT2D eigenvalue weighted by atomic mass is 32.2. The summed E-state index contributed by atoms with van der Waals surface area (Å²) in [7, 11) is -3.29. The number of aliphatic hydroxyl groups excluding tert-OH is 1. The average molecular weight is 256 g/mol. The van der Waals surface area contributed by atoms with Gasteiger partial charge in [0, 0.05) is 0 Å². The molecule has 0 saturated carbocycles. The Hall–Kier alpha value is -0.870. The third kappa shape index (κ3) is 3.54. The Morgan fingerprint density at radius 2 is 1.65 bits per heavy atom.